The minimum absolute atomic E-state index is 0.571. The van der Waals surface area contributed by atoms with Crippen LogP contribution in [0.5, 0.6) is 0 Å². The molecule has 2 heteroatoms. The molecule has 0 radical (unpaired) electrons. The Balaban J connectivity index is 2.49. The SMILES string of the molecule is C=CC(C)CCN(C)c1ccc(N)cc1. The molecule has 0 aromatic heterocycles. The molecule has 0 aliphatic rings. The zero-order chi connectivity index (χ0) is 11.3. The Morgan fingerprint density at radius 2 is 2.00 bits per heavy atom. The fraction of sp³-hybridized carbons (Fsp3) is 0.385. The van der Waals surface area contributed by atoms with Gasteiger partial charge in [-0.15, -0.1) is 6.58 Å². The molecule has 1 aromatic carbocycles. The summed E-state index contributed by atoms with van der Waals surface area (Å²) in [6.07, 6.45) is 3.13. The molecule has 1 unspecified atom stereocenters. The van der Waals surface area contributed by atoms with Gasteiger partial charge in [-0.1, -0.05) is 13.0 Å². The molecule has 0 aliphatic carbocycles. The molecule has 1 aromatic rings. The largest absolute Gasteiger partial charge is 0.399 e. The Morgan fingerprint density at radius 1 is 1.40 bits per heavy atom. The Hall–Kier alpha value is -1.44. The van der Waals surface area contributed by atoms with Crippen molar-refractivity contribution >= 4 is 11.4 Å². The maximum atomic E-state index is 5.64. The van der Waals surface area contributed by atoms with Gasteiger partial charge in [0.1, 0.15) is 0 Å². The molecule has 0 heterocycles. The van der Waals surface area contributed by atoms with Crippen molar-refractivity contribution < 1.29 is 0 Å². The normalized spacial score (nSPS) is 12.1. The van der Waals surface area contributed by atoms with Gasteiger partial charge in [0.15, 0.2) is 0 Å². The van der Waals surface area contributed by atoms with E-state index in [4.69, 9.17) is 5.73 Å². The topological polar surface area (TPSA) is 29.3 Å². The van der Waals surface area contributed by atoms with Crippen LogP contribution in [0.2, 0.25) is 0 Å². The lowest BCUT2D eigenvalue weighted by Gasteiger charge is -2.20. The highest BCUT2D eigenvalue weighted by Crippen LogP contribution is 2.16. The van der Waals surface area contributed by atoms with Gasteiger partial charge in [0.25, 0.3) is 0 Å². The van der Waals surface area contributed by atoms with Crippen LogP contribution in [0, 0.1) is 5.92 Å². The summed E-state index contributed by atoms with van der Waals surface area (Å²) in [6, 6.07) is 7.97. The minimum Gasteiger partial charge on any atom is -0.399 e. The van der Waals surface area contributed by atoms with Crippen LogP contribution in [0.25, 0.3) is 0 Å². The number of benzene rings is 1. The number of nitrogens with two attached hydrogens (primary N) is 1. The number of anilines is 2. The van der Waals surface area contributed by atoms with E-state index in [1.54, 1.807) is 0 Å². The average molecular weight is 204 g/mol. The number of allylic oxidation sites excluding steroid dienone is 1. The maximum Gasteiger partial charge on any atom is 0.0365 e. The molecule has 2 N–H and O–H groups in total. The van der Waals surface area contributed by atoms with Gasteiger partial charge in [-0.2, -0.15) is 0 Å². The smallest absolute Gasteiger partial charge is 0.0365 e. The summed E-state index contributed by atoms with van der Waals surface area (Å²) < 4.78 is 0. The van der Waals surface area contributed by atoms with Crippen LogP contribution < -0.4 is 10.6 Å². The molecule has 1 atom stereocenters. The number of rotatable bonds is 5. The third-order valence-electron chi connectivity index (χ3n) is 2.66. The first-order valence-electron chi connectivity index (χ1n) is 5.32. The van der Waals surface area contributed by atoms with Crippen molar-refractivity contribution in [1.29, 1.82) is 0 Å². The van der Waals surface area contributed by atoms with Gasteiger partial charge in [-0.3, -0.25) is 0 Å². The van der Waals surface area contributed by atoms with Crippen molar-refractivity contribution in [1.82, 2.24) is 0 Å². The molecule has 0 amide bonds. The molecular formula is C13H20N2. The van der Waals surface area contributed by atoms with E-state index in [0.29, 0.717) is 5.92 Å². The summed E-state index contributed by atoms with van der Waals surface area (Å²) in [5.74, 6) is 0.571. The highest BCUT2D eigenvalue weighted by Gasteiger charge is 2.02. The van der Waals surface area contributed by atoms with Crippen molar-refractivity contribution in [2.75, 3.05) is 24.2 Å². The van der Waals surface area contributed by atoms with E-state index in [1.165, 1.54) is 5.69 Å². The first-order chi connectivity index (χ1) is 7.13. The van der Waals surface area contributed by atoms with Gasteiger partial charge in [0, 0.05) is 25.0 Å². The molecule has 0 saturated carbocycles. The molecule has 15 heavy (non-hydrogen) atoms. The fourth-order valence-electron chi connectivity index (χ4n) is 1.37. The van der Waals surface area contributed by atoms with E-state index < -0.39 is 0 Å². The van der Waals surface area contributed by atoms with Crippen molar-refractivity contribution in [2.24, 2.45) is 5.92 Å². The first kappa shape index (κ1) is 11.6. The number of nitrogens with zero attached hydrogens (tertiary/aromatic N) is 1. The molecule has 0 saturated heterocycles. The summed E-state index contributed by atoms with van der Waals surface area (Å²) in [5.41, 5.74) is 7.66. The monoisotopic (exact) mass is 204 g/mol. The number of hydrogen-bond acceptors (Lipinski definition) is 2. The van der Waals surface area contributed by atoms with Crippen LogP contribution in [-0.2, 0) is 0 Å². The quantitative estimate of drug-likeness (QED) is 0.590. The standard InChI is InChI=1S/C13H20N2/c1-4-11(2)9-10-15(3)13-7-5-12(14)6-8-13/h4-8,11H,1,9-10,14H2,2-3H3. The van der Waals surface area contributed by atoms with E-state index in [2.05, 4.69) is 25.5 Å². The third kappa shape index (κ3) is 3.66. The van der Waals surface area contributed by atoms with Crippen LogP contribution >= 0.6 is 0 Å². The number of nitrogen functional groups attached to an aromatic ring is 1. The lowest BCUT2D eigenvalue weighted by Crippen LogP contribution is -2.19. The van der Waals surface area contributed by atoms with E-state index in [9.17, 15) is 0 Å². The van der Waals surface area contributed by atoms with Crippen molar-refractivity contribution in [3.8, 4) is 0 Å². The van der Waals surface area contributed by atoms with Gasteiger partial charge in [-0.25, -0.2) is 0 Å². The number of hydrogen-bond donors (Lipinski definition) is 1. The minimum atomic E-state index is 0.571. The Labute approximate surface area is 92.4 Å². The van der Waals surface area contributed by atoms with E-state index in [0.717, 1.165) is 18.7 Å². The van der Waals surface area contributed by atoms with Crippen molar-refractivity contribution in [2.45, 2.75) is 13.3 Å². The lowest BCUT2D eigenvalue weighted by atomic mass is 10.1. The lowest BCUT2D eigenvalue weighted by molar-refractivity contribution is 0.643. The molecule has 0 fully saturated rings. The molecular weight excluding hydrogens is 184 g/mol. The van der Waals surface area contributed by atoms with Gasteiger partial charge in [0.05, 0.1) is 0 Å². The van der Waals surface area contributed by atoms with Crippen molar-refractivity contribution in [3.63, 3.8) is 0 Å². The second-order valence-corrected chi connectivity index (χ2v) is 4.01. The molecule has 0 spiro atoms. The average Bonchev–Trinajstić information content (AvgIpc) is 2.26. The van der Waals surface area contributed by atoms with E-state index in [1.807, 2.05) is 30.3 Å². The fourth-order valence-corrected chi connectivity index (χ4v) is 1.37. The second-order valence-electron chi connectivity index (χ2n) is 4.01. The predicted octanol–water partition coefficient (Wildman–Crippen LogP) is 2.92. The van der Waals surface area contributed by atoms with E-state index >= 15 is 0 Å². The van der Waals surface area contributed by atoms with Crippen LogP contribution in [0.15, 0.2) is 36.9 Å². The highest BCUT2D eigenvalue weighted by atomic mass is 15.1. The molecule has 0 bridgehead atoms. The summed E-state index contributed by atoms with van der Waals surface area (Å²) in [7, 11) is 2.10. The summed E-state index contributed by atoms with van der Waals surface area (Å²) >= 11 is 0. The molecule has 1 rings (SSSR count). The van der Waals surface area contributed by atoms with Crippen LogP contribution in [-0.4, -0.2) is 13.6 Å². The highest BCUT2D eigenvalue weighted by molar-refractivity contribution is 5.52. The molecule has 82 valence electrons. The van der Waals surface area contributed by atoms with Gasteiger partial charge in [-0.05, 0) is 36.6 Å². The van der Waals surface area contributed by atoms with Crippen LogP contribution in [0.1, 0.15) is 13.3 Å². The Morgan fingerprint density at radius 3 is 2.53 bits per heavy atom. The predicted molar refractivity (Wildman–Crippen MR) is 68.1 cm³/mol. The van der Waals surface area contributed by atoms with Gasteiger partial charge < -0.3 is 10.6 Å². The summed E-state index contributed by atoms with van der Waals surface area (Å²) in [4.78, 5) is 2.24. The third-order valence-corrected chi connectivity index (χ3v) is 2.66. The summed E-state index contributed by atoms with van der Waals surface area (Å²) in [5, 5.41) is 0. The van der Waals surface area contributed by atoms with Gasteiger partial charge >= 0.3 is 0 Å². The Kier molecular flexibility index (Phi) is 4.22. The van der Waals surface area contributed by atoms with Crippen LogP contribution in [0.4, 0.5) is 11.4 Å². The van der Waals surface area contributed by atoms with Gasteiger partial charge in [0.2, 0.25) is 0 Å². The zero-order valence-electron chi connectivity index (χ0n) is 9.61. The zero-order valence-corrected chi connectivity index (χ0v) is 9.61. The second kappa shape index (κ2) is 5.44. The summed E-state index contributed by atoms with van der Waals surface area (Å²) in [6.45, 7) is 7.01. The molecule has 0 aliphatic heterocycles. The molecule has 2 nitrogen and oxygen atoms in total. The maximum absolute atomic E-state index is 5.64. The van der Waals surface area contributed by atoms with E-state index in [-0.39, 0.29) is 0 Å². The first-order valence-corrected chi connectivity index (χ1v) is 5.32. The Bertz CT molecular complexity index is 303. The van der Waals surface area contributed by atoms with Crippen LogP contribution in [0.3, 0.4) is 0 Å². The van der Waals surface area contributed by atoms with Crippen molar-refractivity contribution in [3.05, 3.63) is 36.9 Å².